The third-order valence-corrected chi connectivity index (χ3v) is 5.15. The zero-order valence-corrected chi connectivity index (χ0v) is 11.1. The molecule has 6 heteroatoms. The fourth-order valence-corrected chi connectivity index (χ4v) is 4.04. The van der Waals surface area contributed by atoms with E-state index in [-0.39, 0.29) is 16.9 Å². The largest absolute Gasteiger partial charge is 0.440 e. The SMILES string of the molecule is CCC1CCCCN1S(=O)(=O)c1ccc(C=O)o1. The van der Waals surface area contributed by atoms with Crippen molar-refractivity contribution in [3.05, 3.63) is 17.9 Å². The summed E-state index contributed by atoms with van der Waals surface area (Å²) in [7, 11) is -3.60. The quantitative estimate of drug-likeness (QED) is 0.786. The molecule has 0 amide bonds. The second-order valence-electron chi connectivity index (χ2n) is 4.45. The highest BCUT2D eigenvalue weighted by Crippen LogP contribution is 2.27. The summed E-state index contributed by atoms with van der Waals surface area (Å²) < 4.78 is 31.4. The van der Waals surface area contributed by atoms with Gasteiger partial charge >= 0.3 is 0 Å². The maximum atomic E-state index is 12.4. The lowest BCUT2D eigenvalue weighted by Crippen LogP contribution is -2.43. The lowest BCUT2D eigenvalue weighted by molar-refractivity contribution is 0.109. The van der Waals surface area contributed by atoms with E-state index in [0.29, 0.717) is 12.8 Å². The summed E-state index contributed by atoms with van der Waals surface area (Å²) in [5.41, 5.74) is 0. The topological polar surface area (TPSA) is 67.6 Å². The molecule has 0 aliphatic carbocycles. The zero-order valence-electron chi connectivity index (χ0n) is 10.3. The molecule has 1 aromatic rings. The Labute approximate surface area is 107 Å². The van der Waals surface area contributed by atoms with Gasteiger partial charge in [0, 0.05) is 12.6 Å². The lowest BCUT2D eigenvalue weighted by atomic mass is 10.0. The molecule has 100 valence electrons. The van der Waals surface area contributed by atoms with Gasteiger partial charge in [0.15, 0.2) is 12.0 Å². The Kier molecular flexibility index (Phi) is 3.87. The minimum atomic E-state index is -3.60. The maximum Gasteiger partial charge on any atom is 0.276 e. The zero-order chi connectivity index (χ0) is 13.2. The van der Waals surface area contributed by atoms with E-state index in [0.717, 1.165) is 25.7 Å². The molecule has 2 rings (SSSR count). The Morgan fingerprint density at radius 2 is 2.22 bits per heavy atom. The second-order valence-corrected chi connectivity index (χ2v) is 6.27. The molecule has 0 radical (unpaired) electrons. The van der Waals surface area contributed by atoms with E-state index >= 15 is 0 Å². The monoisotopic (exact) mass is 271 g/mol. The molecule has 1 atom stereocenters. The maximum absolute atomic E-state index is 12.4. The highest BCUT2D eigenvalue weighted by Gasteiger charge is 2.34. The minimum absolute atomic E-state index is 0.0357. The number of hydrogen-bond acceptors (Lipinski definition) is 4. The summed E-state index contributed by atoms with van der Waals surface area (Å²) in [6.07, 6.45) is 4.11. The van der Waals surface area contributed by atoms with Crippen molar-refractivity contribution < 1.29 is 17.6 Å². The van der Waals surface area contributed by atoms with Crippen LogP contribution in [0, 0.1) is 0 Å². The Morgan fingerprint density at radius 1 is 1.44 bits per heavy atom. The van der Waals surface area contributed by atoms with E-state index in [4.69, 9.17) is 4.42 Å². The molecule has 0 aromatic carbocycles. The van der Waals surface area contributed by atoms with Gasteiger partial charge in [-0.1, -0.05) is 13.3 Å². The summed E-state index contributed by atoms with van der Waals surface area (Å²) in [6.45, 7) is 2.51. The van der Waals surface area contributed by atoms with E-state index in [1.165, 1.54) is 16.4 Å². The summed E-state index contributed by atoms with van der Waals surface area (Å²) in [5, 5.41) is -0.134. The normalized spacial score (nSPS) is 21.9. The second kappa shape index (κ2) is 5.24. The number of hydrogen-bond donors (Lipinski definition) is 0. The molecule has 1 saturated heterocycles. The summed E-state index contributed by atoms with van der Waals surface area (Å²) in [4.78, 5) is 10.5. The molecule has 0 N–H and O–H groups in total. The summed E-state index contributed by atoms with van der Waals surface area (Å²) >= 11 is 0. The number of piperidine rings is 1. The molecular weight excluding hydrogens is 254 g/mol. The van der Waals surface area contributed by atoms with Gasteiger partial charge < -0.3 is 4.42 Å². The van der Waals surface area contributed by atoms with E-state index < -0.39 is 10.0 Å². The van der Waals surface area contributed by atoms with Gasteiger partial charge in [-0.3, -0.25) is 4.79 Å². The van der Waals surface area contributed by atoms with Gasteiger partial charge in [0.05, 0.1) is 0 Å². The number of carbonyl (C=O) groups is 1. The van der Waals surface area contributed by atoms with Crippen LogP contribution < -0.4 is 0 Å². The molecule has 0 bridgehead atoms. The summed E-state index contributed by atoms with van der Waals surface area (Å²) in [5.74, 6) is 0.0404. The van der Waals surface area contributed by atoms with Crippen LogP contribution in [-0.2, 0) is 10.0 Å². The average Bonchev–Trinajstić information content (AvgIpc) is 2.88. The Bertz CT molecular complexity index is 520. The minimum Gasteiger partial charge on any atom is -0.440 e. The van der Waals surface area contributed by atoms with Crippen LogP contribution in [0.2, 0.25) is 0 Å². The average molecular weight is 271 g/mol. The molecule has 0 saturated carbocycles. The molecule has 1 unspecified atom stereocenters. The van der Waals surface area contributed by atoms with Crippen LogP contribution in [0.25, 0.3) is 0 Å². The van der Waals surface area contributed by atoms with Crippen molar-refractivity contribution in [1.29, 1.82) is 0 Å². The first-order chi connectivity index (χ1) is 8.59. The van der Waals surface area contributed by atoms with Crippen molar-refractivity contribution in [2.75, 3.05) is 6.54 Å². The molecule has 2 heterocycles. The van der Waals surface area contributed by atoms with Crippen molar-refractivity contribution in [3.63, 3.8) is 0 Å². The van der Waals surface area contributed by atoms with E-state index in [1.54, 1.807) is 0 Å². The highest BCUT2D eigenvalue weighted by atomic mass is 32.2. The molecule has 1 aliphatic heterocycles. The first-order valence-electron chi connectivity index (χ1n) is 6.16. The first kappa shape index (κ1) is 13.3. The molecule has 18 heavy (non-hydrogen) atoms. The van der Waals surface area contributed by atoms with Crippen LogP contribution >= 0.6 is 0 Å². The van der Waals surface area contributed by atoms with Crippen LogP contribution in [0.15, 0.2) is 21.6 Å². The molecule has 1 aromatic heterocycles. The van der Waals surface area contributed by atoms with Crippen LogP contribution in [0.3, 0.4) is 0 Å². The van der Waals surface area contributed by atoms with Gasteiger partial charge in [0.25, 0.3) is 10.0 Å². The van der Waals surface area contributed by atoms with Crippen LogP contribution in [0.5, 0.6) is 0 Å². The van der Waals surface area contributed by atoms with E-state index in [9.17, 15) is 13.2 Å². The van der Waals surface area contributed by atoms with Crippen molar-refractivity contribution in [2.45, 2.75) is 43.7 Å². The van der Waals surface area contributed by atoms with Crippen LogP contribution in [-0.4, -0.2) is 31.6 Å². The predicted molar refractivity (Wildman–Crippen MR) is 65.9 cm³/mol. The number of sulfonamides is 1. The van der Waals surface area contributed by atoms with Gasteiger partial charge in [0.2, 0.25) is 5.09 Å². The number of nitrogens with zero attached hydrogens (tertiary/aromatic N) is 1. The van der Waals surface area contributed by atoms with Gasteiger partial charge in [-0.2, -0.15) is 4.31 Å². The molecule has 1 aliphatic rings. The van der Waals surface area contributed by atoms with Gasteiger partial charge in [0.1, 0.15) is 0 Å². The third kappa shape index (κ3) is 2.35. The van der Waals surface area contributed by atoms with Gasteiger partial charge in [-0.05, 0) is 31.4 Å². The fraction of sp³-hybridized carbons (Fsp3) is 0.583. The summed E-state index contributed by atoms with van der Waals surface area (Å²) in [6, 6.07) is 2.76. The third-order valence-electron chi connectivity index (χ3n) is 3.33. The Hall–Kier alpha value is -1.14. The van der Waals surface area contributed by atoms with Crippen molar-refractivity contribution in [3.8, 4) is 0 Å². The Morgan fingerprint density at radius 3 is 2.83 bits per heavy atom. The highest BCUT2D eigenvalue weighted by molar-refractivity contribution is 7.89. The predicted octanol–water partition coefficient (Wildman–Crippen LogP) is 2.05. The van der Waals surface area contributed by atoms with Gasteiger partial charge in [-0.15, -0.1) is 0 Å². The molecule has 1 fully saturated rings. The van der Waals surface area contributed by atoms with Crippen LogP contribution in [0.4, 0.5) is 0 Å². The smallest absolute Gasteiger partial charge is 0.276 e. The van der Waals surface area contributed by atoms with E-state index in [1.807, 2.05) is 6.92 Å². The Balaban J connectivity index is 2.31. The van der Waals surface area contributed by atoms with Crippen molar-refractivity contribution in [1.82, 2.24) is 4.31 Å². The number of furan rings is 1. The number of carbonyl (C=O) groups excluding carboxylic acids is 1. The standard InChI is InChI=1S/C12H17NO4S/c1-2-10-5-3-4-8-13(10)18(15,16)12-7-6-11(9-14)17-12/h6-7,9-10H,2-5,8H2,1H3. The molecule has 0 spiro atoms. The lowest BCUT2D eigenvalue weighted by Gasteiger charge is -2.33. The molecule has 5 nitrogen and oxygen atoms in total. The number of aldehydes is 1. The molecular formula is C12H17NO4S. The van der Waals surface area contributed by atoms with E-state index in [2.05, 4.69) is 0 Å². The van der Waals surface area contributed by atoms with Gasteiger partial charge in [-0.25, -0.2) is 8.42 Å². The fourth-order valence-electron chi connectivity index (χ4n) is 2.35. The van der Waals surface area contributed by atoms with Crippen molar-refractivity contribution in [2.24, 2.45) is 0 Å². The van der Waals surface area contributed by atoms with Crippen molar-refractivity contribution >= 4 is 16.3 Å². The first-order valence-corrected chi connectivity index (χ1v) is 7.60. The number of rotatable bonds is 4. The van der Waals surface area contributed by atoms with Crippen LogP contribution in [0.1, 0.15) is 43.2 Å².